The van der Waals surface area contributed by atoms with Crippen molar-refractivity contribution in [1.82, 2.24) is 30.5 Å². The number of rotatable bonds is 16. The fourth-order valence-corrected chi connectivity index (χ4v) is 11.8. The number of fused-ring (bicyclic) bond motifs is 1. The molecular formula is C40H66N6O7S. The van der Waals surface area contributed by atoms with Gasteiger partial charge in [0.05, 0.1) is 17.3 Å². The predicted octanol–water partition coefficient (Wildman–Crippen LogP) is 4.00. The van der Waals surface area contributed by atoms with Gasteiger partial charge in [0.15, 0.2) is 0 Å². The van der Waals surface area contributed by atoms with Crippen molar-refractivity contribution in [1.29, 1.82) is 0 Å². The Labute approximate surface area is 322 Å². The average molecular weight is 775 g/mol. The van der Waals surface area contributed by atoms with Gasteiger partial charge in [0.25, 0.3) is 5.91 Å². The first-order chi connectivity index (χ1) is 25.4. The summed E-state index contributed by atoms with van der Waals surface area (Å²) in [5.74, 6) is -1.81. The summed E-state index contributed by atoms with van der Waals surface area (Å²) in [6.07, 6.45) is 12.8. The summed E-state index contributed by atoms with van der Waals surface area (Å²) < 4.78 is 28.4. The molecule has 0 radical (unpaired) electrons. The van der Waals surface area contributed by atoms with Crippen LogP contribution in [0.15, 0.2) is 0 Å². The molecule has 1 aliphatic heterocycles. The van der Waals surface area contributed by atoms with Crippen molar-refractivity contribution in [2.24, 2.45) is 28.6 Å². The van der Waals surface area contributed by atoms with E-state index in [9.17, 15) is 32.4 Å². The van der Waals surface area contributed by atoms with E-state index in [4.69, 9.17) is 0 Å². The summed E-state index contributed by atoms with van der Waals surface area (Å²) in [5.41, 5.74) is -1.74. The summed E-state index contributed by atoms with van der Waals surface area (Å²) in [6.45, 7) is 10.2. The minimum absolute atomic E-state index is 0.0127. The number of piperidine rings is 1. The van der Waals surface area contributed by atoms with Crippen LogP contribution in [0.25, 0.3) is 0 Å². The molecule has 6 aliphatic rings. The second-order valence-corrected chi connectivity index (χ2v) is 21.1. The summed E-state index contributed by atoms with van der Waals surface area (Å²) in [4.78, 5) is 71.5. The van der Waals surface area contributed by atoms with E-state index in [2.05, 4.69) is 35.1 Å². The van der Waals surface area contributed by atoms with Crippen LogP contribution in [0.4, 0.5) is 4.79 Å². The summed E-state index contributed by atoms with van der Waals surface area (Å²) >= 11 is 0. The first-order valence-electron chi connectivity index (χ1n) is 20.9. The Bertz CT molecular complexity index is 1560. The third-order valence-corrected chi connectivity index (χ3v) is 16.3. The van der Waals surface area contributed by atoms with Crippen LogP contribution in [0.1, 0.15) is 137 Å². The summed E-state index contributed by atoms with van der Waals surface area (Å²) in [5, 5.41) is 11.9. The number of urea groups is 1. The number of nitrogens with zero attached hydrogens (tertiary/aromatic N) is 2. The molecule has 14 heteroatoms. The Morgan fingerprint density at radius 1 is 0.852 bits per heavy atom. The van der Waals surface area contributed by atoms with Gasteiger partial charge in [-0.2, -0.15) is 0 Å². The van der Waals surface area contributed by atoms with Crippen molar-refractivity contribution in [3.05, 3.63) is 0 Å². The number of hydrogen-bond donors (Lipinski definition) is 4. The Hall–Kier alpha value is -2.74. The van der Waals surface area contributed by atoms with E-state index in [0.29, 0.717) is 31.7 Å². The molecule has 0 aromatic heterocycles. The van der Waals surface area contributed by atoms with E-state index in [1.807, 2.05) is 20.8 Å². The van der Waals surface area contributed by atoms with Crippen molar-refractivity contribution < 1.29 is 32.4 Å². The van der Waals surface area contributed by atoms with Crippen molar-refractivity contribution in [2.45, 2.75) is 173 Å². The molecule has 0 unspecified atom stereocenters. The van der Waals surface area contributed by atoms with E-state index in [1.165, 1.54) is 4.31 Å². The largest absolute Gasteiger partial charge is 0.347 e. The lowest BCUT2D eigenvalue weighted by molar-refractivity contribution is -0.146. The SMILES string of the molecule is CC(C)N(C)S(=O)(=O)CC1(NC(=O)N[C@H](C(=O)N2C[C@H]3[C@@H]([C@H]2C(=O)N[C@@H](CCC2CC2)C(=O)C(=O)NC2CC2)C3(C)C)C2(C)CCCCC2)CCCCC1. The molecule has 304 valence electrons. The van der Waals surface area contributed by atoms with Crippen molar-refractivity contribution in [3.63, 3.8) is 0 Å². The molecular weight excluding hydrogens is 709 g/mol. The summed E-state index contributed by atoms with van der Waals surface area (Å²) in [7, 11) is -2.12. The standard InChI is InChI=1S/C40H66N6O7S/c1-25(2)45(6)54(52,53)24-40(21-11-8-12-22-40)44-37(51)43-33(39(5)19-9-7-10-20-39)36(50)46-23-28-30(38(28,3)4)31(46)34(48)42-29(18-15-26-13-14-26)32(47)35(49)41-27-16-17-27/h25-31,33H,7-24H2,1-6H3,(H,41,49)(H,42,48)(H2,43,44,51)/t28-,29-,30-,31-,33+/m0/s1. The van der Waals surface area contributed by atoms with Crippen LogP contribution in [0, 0.1) is 28.6 Å². The van der Waals surface area contributed by atoms with Gasteiger partial charge in [-0.3, -0.25) is 19.2 Å². The molecule has 5 saturated carbocycles. The Kier molecular flexibility index (Phi) is 11.9. The number of amides is 5. The highest BCUT2D eigenvalue weighted by atomic mass is 32.2. The third-order valence-electron chi connectivity index (χ3n) is 14.1. The minimum Gasteiger partial charge on any atom is -0.347 e. The van der Waals surface area contributed by atoms with Gasteiger partial charge in [-0.15, -0.1) is 0 Å². The molecule has 5 atom stereocenters. The molecule has 0 spiro atoms. The molecule has 13 nitrogen and oxygen atoms in total. The zero-order chi connectivity index (χ0) is 39.2. The van der Waals surface area contributed by atoms with Gasteiger partial charge >= 0.3 is 6.03 Å². The van der Waals surface area contributed by atoms with Crippen LogP contribution in [0.5, 0.6) is 0 Å². The molecule has 5 aliphatic carbocycles. The molecule has 0 bridgehead atoms. The smallest absolute Gasteiger partial charge is 0.315 e. The van der Waals surface area contributed by atoms with Gasteiger partial charge in [-0.1, -0.05) is 72.1 Å². The molecule has 1 heterocycles. The predicted molar refractivity (Wildman–Crippen MR) is 205 cm³/mol. The highest BCUT2D eigenvalue weighted by molar-refractivity contribution is 7.89. The molecule has 5 amide bonds. The third kappa shape index (κ3) is 8.94. The lowest BCUT2D eigenvalue weighted by Crippen LogP contribution is -2.65. The Morgan fingerprint density at radius 2 is 1.46 bits per heavy atom. The number of Topliss-reactive ketones (excluding diaryl/α,β-unsaturated/α-hetero) is 1. The van der Waals surface area contributed by atoms with Crippen molar-refractivity contribution in [2.75, 3.05) is 19.3 Å². The molecule has 4 N–H and O–H groups in total. The maximum Gasteiger partial charge on any atom is 0.315 e. The summed E-state index contributed by atoms with van der Waals surface area (Å²) in [6, 6.07) is -3.54. The van der Waals surface area contributed by atoms with Crippen molar-refractivity contribution in [3.8, 4) is 0 Å². The van der Waals surface area contributed by atoms with Crippen LogP contribution in [0.2, 0.25) is 0 Å². The number of nitrogens with one attached hydrogen (secondary N) is 4. The van der Waals surface area contributed by atoms with Gasteiger partial charge in [0.2, 0.25) is 27.6 Å². The number of hydrogen-bond acceptors (Lipinski definition) is 7. The molecule has 0 aromatic rings. The lowest BCUT2D eigenvalue weighted by atomic mass is 9.70. The Morgan fingerprint density at radius 3 is 2.04 bits per heavy atom. The lowest BCUT2D eigenvalue weighted by Gasteiger charge is -2.44. The zero-order valence-corrected chi connectivity index (χ0v) is 34.3. The van der Waals surface area contributed by atoms with Gasteiger partial charge in [-0.05, 0) is 93.8 Å². The van der Waals surface area contributed by atoms with Crippen molar-refractivity contribution >= 4 is 39.6 Å². The molecule has 0 aromatic carbocycles. The average Bonchev–Trinajstić information content (AvgIpc) is 4.07. The Balaban J connectivity index is 1.23. The number of ketones is 1. The maximum atomic E-state index is 15.0. The molecule has 1 saturated heterocycles. The second kappa shape index (κ2) is 15.7. The number of likely N-dealkylation sites (tertiary alicyclic amines) is 1. The number of carbonyl (C=O) groups excluding carboxylic acids is 5. The van der Waals surface area contributed by atoms with Gasteiger partial charge < -0.3 is 26.2 Å². The first kappa shape index (κ1) is 40.9. The van der Waals surface area contributed by atoms with E-state index in [0.717, 1.165) is 83.5 Å². The molecule has 54 heavy (non-hydrogen) atoms. The van der Waals surface area contributed by atoms with Crippen LogP contribution >= 0.6 is 0 Å². The van der Waals surface area contributed by atoms with Crippen LogP contribution in [0.3, 0.4) is 0 Å². The van der Waals surface area contributed by atoms with E-state index in [-0.39, 0.29) is 41.0 Å². The molecule has 6 fully saturated rings. The zero-order valence-electron chi connectivity index (χ0n) is 33.5. The van der Waals surface area contributed by atoms with Crippen LogP contribution in [-0.4, -0.2) is 102 Å². The normalized spacial score (nSPS) is 28.1. The highest BCUT2D eigenvalue weighted by Gasteiger charge is 2.70. The topological polar surface area (TPSA) is 174 Å². The first-order valence-corrected chi connectivity index (χ1v) is 22.5. The van der Waals surface area contributed by atoms with Gasteiger partial charge in [-0.25, -0.2) is 17.5 Å². The van der Waals surface area contributed by atoms with Gasteiger partial charge in [0, 0.05) is 25.7 Å². The quantitative estimate of drug-likeness (QED) is 0.172. The monoisotopic (exact) mass is 774 g/mol. The fourth-order valence-electron chi connectivity index (χ4n) is 9.85. The van der Waals surface area contributed by atoms with Crippen LogP contribution in [-0.2, 0) is 29.2 Å². The molecule has 6 rings (SSSR count). The van der Waals surface area contributed by atoms with E-state index < -0.39 is 62.7 Å². The van der Waals surface area contributed by atoms with E-state index >= 15 is 0 Å². The number of carbonyl (C=O) groups is 5. The highest BCUT2D eigenvalue weighted by Crippen LogP contribution is 2.65. The minimum atomic E-state index is -3.69. The van der Waals surface area contributed by atoms with Crippen LogP contribution < -0.4 is 21.3 Å². The fraction of sp³-hybridized carbons (Fsp3) is 0.875. The van der Waals surface area contributed by atoms with E-state index in [1.54, 1.807) is 11.9 Å². The number of sulfonamides is 1. The second-order valence-electron chi connectivity index (χ2n) is 19.0. The van der Waals surface area contributed by atoms with Gasteiger partial charge in [0.1, 0.15) is 12.1 Å². The maximum absolute atomic E-state index is 15.0.